The van der Waals surface area contributed by atoms with Gasteiger partial charge in [0.2, 0.25) is 0 Å². The predicted octanol–water partition coefficient (Wildman–Crippen LogP) is -12.7. The number of carboxylic acids is 2. The van der Waals surface area contributed by atoms with Crippen molar-refractivity contribution in [1.82, 2.24) is 0 Å². The van der Waals surface area contributed by atoms with Crippen LogP contribution in [0.5, 0.6) is 0 Å². The molecule has 0 fully saturated rings. The molecule has 0 spiro atoms. The van der Waals surface area contributed by atoms with Gasteiger partial charge in [0.15, 0.2) is 0 Å². The van der Waals surface area contributed by atoms with E-state index in [0.717, 1.165) is 0 Å². The number of hydrogen-bond donors (Lipinski definition) is 3. The fourth-order valence-electron chi connectivity index (χ4n) is 0.402. The zero-order chi connectivity index (χ0) is 8.15. The van der Waals surface area contributed by atoms with Crippen LogP contribution in [-0.2, 0) is 9.59 Å². The third-order valence-electron chi connectivity index (χ3n) is 0.986. The summed E-state index contributed by atoms with van der Waals surface area (Å²) >= 11 is 0. The van der Waals surface area contributed by atoms with E-state index >= 15 is 0 Å². The Bertz CT molecular complexity index is 157. The van der Waals surface area contributed by atoms with Gasteiger partial charge in [-0.05, 0) is 6.42 Å². The summed E-state index contributed by atoms with van der Waals surface area (Å²) in [4.78, 5) is 19.9. The van der Waals surface area contributed by atoms with Gasteiger partial charge >= 0.3 is 130 Å². The van der Waals surface area contributed by atoms with Gasteiger partial charge in [-0.1, -0.05) is 0 Å². The number of hydrogen-bond acceptors (Lipinski definition) is 3. The molecule has 9 heteroatoms. The molecular weight excluding hydrogens is 230 g/mol. The summed E-state index contributed by atoms with van der Waals surface area (Å²) < 4.78 is 0. The maximum Gasteiger partial charge on any atom is 1.00 e. The van der Waals surface area contributed by atoms with E-state index in [0.29, 0.717) is 0 Å². The number of carbonyl (C=O) groups is 2. The molecule has 0 aromatic rings. The van der Waals surface area contributed by atoms with E-state index in [1.165, 1.54) is 0 Å². The third-order valence-corrected chi connectivity index (χ3v) is 0.986. The first-order valence-electron chi connectivity index (χ1n) is 2.74. The van der Waals surface area contributed by atoms with Crippen molar-refractivity contribution in [2.75, 3.05) is 0 Å². The average Bonchev–Trinajstić information content (AvgIpc) is 1.82. The van der Waals surface area contributed by atoms with Crippen LogP contribution in [0.25, 0.3) is 0 Å². The van der Waals surface area contributed by atoms with Crippen LogP contribution >= 0.6 is 0 Å². The van der Waals surface area contributed by atoms with Gasteiger partial charge in [-0.3, -0.25) is 9.59 Å². The van der Waals surface area contributed by atoms with Gasteiger partial charge in [0, 0.05) is 6.42 Å². The fourth-order valence-corrected chi connectivity index (χ4v) is 0.402. The second-order valence-corrected chi connectivity index (χ2v) is 1.88. The van der Waals surface area contributed by atoms with E-state index in [9.17, 15) is 9.59 Å². The van der Waals surface area contributed by atoms with Crippen molar-refractivity contribution in [3.8, 4) is 0 Å². The normalized spacial score (nSPS) is 8.93. The molecule has 1 atom stereocenters. The Labute approximate surface area is 171 Å². The van der Waals surface area contributed by atoms with Crippen LogP contribution in [0, 0.1) is 0 Å². The second kappa shape index (κ2) is 18.3. The van der Waals surface area contributed by atoms with Crippen molar-refractivity contribution < 1.29 is 138 Å². The van der Waals surface area contributed by atoms with Crippen LogP contribution in [0.4, 0.5) is 0 Å². The number of carboxylic acid groups (broad SMARTS) is 2. The molecular formula is C5H9NNa4O4+4. The monoisotopic (exact) mass is 239 g/mol. The van der Waals surface area contributed by atoms with E-state index in [4.69, 9.17) is 15.9 Å². The van der Waals surface area contributed by atoms with Crippen molar-refractivity contribution in [2.45, 2.75) is 18.9 Å². The van der Waals surface area contributed by atoms with Crippen LogP contribution in [0.15, 0.2) is 0 Å². The first-order chi connectivity index (χ1) is 4.54. The largest absolute Gasteiger partial charge is 1.00 e. The third kappa shape index (κ3) is 20.3. The van der Waals surface area contributed by atoms with Gasteiger partial charge in [-0.25, -0.2) is 0 Å². The Morgan fingerprint density at radius 1 is 1.07 bits per heavy atom. The molecule has 0 aromatic heterocycles. The quantitative estimate of drug-likeness (QED) is 0.423. The van der Waals surface area contributed by atoms with Crippen LogP contribution in [-0.4, -0.2) is 28.2 Å². The maximum absolute atomic E-state index is 9.99. The van der Waals surface area contributed by atoms with Crippen LogP contribution in [0.1, 0.15) is 12.8 Å². The van der Waals surface area contributed by atoms with Crippen molar-refractivity contribution in [3.05, 3.63) is 0 Å². The summed E-state index contributed by atoms with van der Waals surface area (Å²) in [5, 5.41) is 16.3. The molecule has 0 saturated carbocycles. The molecule has 0 aliphatic heterocycles. The topological polar surface area (TPSA) is 101 Å². The Kier molecular flexibility index (Phi) is 39.4. The Balaban J connectivity index is -0.0000000675. The van der Waals surface area contributed by atoms with Gasteiger partial charge in [0.05, 0.1) is 0 Å². The minimum Gasteiger partial charge on any atom is -0.481 e. The molecule has 5 nitrogen and oxygen atoms in total. The van der Waals surface area contributed by atoms with Crippen LogP contribution in [0.3, 0.4) is 0 Å². The van der Waals surface area contributed by atoms with Gasteiger partial charge in [-0.2, -0.15) is 0 Å². The molecule has 0 heterocycles. The molecule has 0 aliphatic carbocycles. The Morgan fingerprint density at radius 2 is 1.43 bits per heavy atom. The van der Waals surface area contributed by atoms with Crippen molar-refractivity contribution in [3.63, 3.8) is 0 Å². The summed E-state index contributed by atoms with van der Waals surface area (Å²) in [6.45, 7) is 0. The number of nitrogens with two attached hydrogens (primary N) is 1. The smallest absolute Gasteiger partial charge is 0.481 e. The molecule has 58 valence electrons. The fraction of sp³-hybridized carbons (Fsp3) is 0.600. The summed E-state index contributed by atoms with van der Waals surface area (Å²) in [6, 6.07) is -1.06. The summed E-state index contributed by atoms with van der Waals surface area (Å²) in [5.74, 6) is -2.20. The molecule has 0 amide bonds. The molecule has 0 rings (SSSR count). The molecule has 0 aromatic carbocycles. The van der Waals surface area contributed by atoms with Crippen molar-refractivity contribution >= 4 is 11.9 Å². The first-order valence-corrected chi connectivity index (χ1v) is 2.74. The predicted molar refractivity (Wildman–Crippen MR) is 32.5 cm³/mol. The van der Waals surface area contributed by atoms with Gasteiger partial charge in [0.25, 0.3) is 0 Å². The van der Waals surface area contributed by atoms with Crippen molar-refractivity contribution in [2.24, 2.45) is 5.73 Å². The standard InChI is InChI=1S/C5H9NO4.4Na/c6-3(5(9)10)1-2-4(7)8;;;;/h3H,1-2,6H2,(H,7,8)(H,9,10);;;;/q;4*+1. The zero-order valence-electron chi connectivity index (χ0n) is 9.28. The van der Waals surface area contributed by atoms with E-state index < -0.39 is 18.0 Å². The summed E-state index contributed by atoms with van der Waals surface area (Å²) in [6.07, 6.45) is -0.224. The van der Waals surface area contributed by atoms with Crippen LogP contribution < -0.4 is 124 Å². The minimum atomic E-state index is -1.17. The molecule has 0 radical (unpaired) electrons. The molecule has 0 aliphatic rings. The molecule has 4 N–H and O–H groups in total. The van der Waals surface area contributed by atoms with Gasteiger partial charge in [0.1, 0.15) is 6.04 Å². The van der Waals surface area contributed by atoms with E-state index in [-0.39, 0.29) is 131 Å². The molecule has 0 bridgehead atoms. The second-order valence-electron chi connectivity index (χ2n) is 1.88. The Hall–Kier alpha value is 2.90. The first kappa shape index (κ1) is 30.2. The van der Waals surface area contributed by atoms with E-state index in [2.05, 4.69) is 0 Å². The van der Waals surface area contributed by atoms with Gasteiger partial charge < -0.3 is 15.9 Å². The molecule has 0 saturated heterocycles. The Morgan fingerprint density at radius 3 is 1.64 bits per heavy atom. The molecule has 1 unspecified atom stereocenters. The minimum absolute atomic E-state index is 0. The average molecular weight is 239 g/mol. The SMILES string of the molecule is NC(CCC(=O)O)C(=O)O.[Na+].[Na+].[Na+].[Na+]. The van der Waals surface area contributed by atoms with E-state index in [1.54, 1.807) is 0 Å². The number of rotatable bonds is 4. The number of aliphatic carboxylic acids is 2. The summed E-state index contributed by atoms with van der Waals surface area (Å²) in [5.41, 5.74) is 5.00. The van der Waals surface area contributed by atoms with Gasteiger partial charge in [-0.15, -0.1) is 0 Å². The zero-order valence-corrected chi connectivity index (χ0v) is 17.3. The van der Waals surface area contributed by atoms with Crippen LogP contribution in [0.2, 0.25) is 0 Å². The van der Waals surface area contributed by atoms with E-state index in [1.807, 2.05) is 0 Å². The molecule has 14 heavy (non-hydrogen) atoms. The maximum atomic E-state index is 9.99. The summed E-state index contributed by atoms with van der Waals surface area (Å²) in [7, 11) is 0. The van der Waals surface area contributed by atoms with Crippen molar-refractivity contribution in [1.29, 1.82) is 0 Å².